The van der Waals surface area contributed by atoms with Gasteiger partial charge in [-0.3, -0.25) is 0 Å². The highest BCUT2D eigenvalue weighted by molar-refractivity contribution is 6.23. The predicted molar refractivity (Wildman–Crippen MR) is 91.6 cm³/mol. The lowest BCUT2D eigenvalue weighted by Crippen LogP contribution is -2.54. The van der Waals surface area contributed by atoms with Crippen LogP contribution in [0.1, 0.15) is 65.7 Å². The zero-order valence-corrected chi connectivity index (χ0v) is 15.1. The fourth-order valence-electron chi connectivity index (χ4n) is 6.96. The molecule has 0 radical (unpaired) electrons. The van der Waals surface area contributed by atoms with Gasteiger partial charge in [0.2, 0.25) is 0 Å². The lowest BCUT2D eigenvalue weighted by molar-refractivity contribution is -0.108. The molecule has 1 N–H and O–H groups in total. The van der Waals surface area contributed by atoms with Crippen LogP contribution < -0.4 is 0 Å². The molecule has 0 aromatic heterocycles. The van der Waals surface area contributed by atoms with Gasteiger partial charge in [0.1, 0.15) is 5.06 Å². The van der Waals surface area contributed by atoms with Gasteiger partial charge in [0.15, 0.2) is 0 Å². The molecule has 0 heterocycles. The molecular weight excluding hydrogens is 292 g/mol. The van der Waals surface area contributed by atoms with Gasteiger partial charge in [0.25, 0.3) is 0 Å². The predicted octanol–water partition coefficient (Wildman–Crippen LogP) is 5.37. The summed E-state index contributed by atoms with van der Waals surface area (Å²) in [6.07, 6.45) is 13.4. The second-order valence-electron chi connectivity index (χ2n) is 9.34. The Labute approximate surface area is 140 Å². The van der Waals surface area contributed by atoms with E-state index in [4.69, 9.17) is 11.6 Å². The SMILES string of the molecule is CC1C=C[C@@]2(C)C(CC[C@@H]3[C@H]2CC[C@@]2(C)[C@H]3CCC2(O)Cl)C1. The number of rotatable bonds is 0. The normalized spacial score (nSPS) is 60.5. The van der Waals surface area contributed by atoms with E-state index in [1.165, 1.54) is 25.7 Å². The Morgan fingerprint density at radius 3 is 2.55 bits per heavy atom. The standard InChI is InChI=1S/C20H31ClO/c1-13-6-9-18(2)14(12-13)4-5-15-16(18)7-10-19(3)17(15)8-11-20(19,21)22/h6,9,13-17,22H,4-5,7-8,10-12H2,1-3H3/t13?,14?,15-,16-,17+,18+,19+,20?/m1/s1. The van der Waals surface area contributed by atoms with Gasteiger partial charge in [0.05, 0.1) is 0 Å². The fourth-order valence-corrected chi connectivity index (χ4v) is 7.30. The van der Waals surface area contributed by atoms with Crippen LogP contribution in [-0.4, -0.2) is 10.2 Å². The average Bonchev–Trinajstić information content (AvgIpc) is 2.70. The summed E-state index contributed by atoms with van der Waals surface area (Å²) in [6.45, 7) is 7.16. The molecule has 124 valence electrons. The lowest BCUT2D eigenvalue weighted by atomic mass is 9.46. The number of halogens is 1. The van der Waals surface area contributed by atoms with Crippen molar-refractivity contribution in [2.24, 2.45) is 40.4 Å². The van der Waals surface area contributed by atoms with Crippen LogP contribution in [0.5, 0.6) is 0 Å². The van der Waals surface area contributed by atoms with Crippen molar-refractivity contribution in [1.29, 1.82) is 0 Å². The zero-order valence-electron chi connectivity index (χ0n) is 14.3. The summed E-state index contributed by atoms with van der Waals surface area (Å²) < 4.78 is 0. The smallest absolute Gasteiger partial charge is 0.144 e. The van der Waals surface area contributed by atoms with E-state index in [0.717, 1.165) is 42.9 Å². The van der Waals surface area contributed by atoms with Gasteiger partial charge in [-0.05, 0) is 80.0 Å². The quantitative estimate of drug-likeness (QED) is 0.469. The number of fused-ring (bicyclic) bond motifs is 5. The maximum atomic E-state index is 10.7. The van der Waals surface area contributed by atoms with Crippen LogP contribution >= 0.6 is 11.6 Å². The van der Waals surface area contributed by atoms with E-state index in [0.29, 0.717) is 11.3 Å². The molecule has 0 saturated heterocycles. The molecule has 0 aromatic carbocycles. The monoisotopic (exact) mass is 322 g/mol. The second kappa shape index (κ2) is 4.76. The summed E-state index contributed by atoms with van der Waals surface area (Å²) in [7, 11) is 0. The van der Waals surface area contributed by atoms with E-state index in [9.17, 15) is 5.11 Å². The van der Waals surface area contributed by atoms with E-state index in [-0.39, 0.29) is 5.41 Å². The van der Waals surface area contributed by atoms with Crippen molar-refractivity contribution in [3.05, 3.63) is 12.2 Å². The van der Waals surface area contributed by atoms with Crippen LogP contribution in [0.3, 0.4) is 0 Å². The fraction of sp³-hybridized carbons (Fsp3) is 0.900. The highest BCUT2D eigenvalue weighted by Crippen LogP contribution is 2.68. The van der Waals surface area contributed by atoms with Crippen LogP contribution in [-0.2, 0) is 0 Å². The molecule has 3 fully saturated rings. The van der Waals surface area contributed by atoms with Gasteiger partial charge in [-0.2, -0.15) is 0 Å². The Balaban J connectivity index is 1.68. The summed E-state index contributed by atoms with van der Waals surface area (Å²) in [4.78, 5) is 0. The van der Waals surface area contributed by atoms with Crippen molar-refractivity contribution in [1.82, 2.24) is 0 Å². The molecule has 0 bridgehead atoms. The molecule has 4 aliphatic carbocycles. The van der Waals surface area contributed by atoms with E-state index < -0.39 is 5.06 Å². The van der Waals surface area contributed by atoms with E-state index in [2.05, 4.69) is 32.9 Å². The van der Waals surface area contributed by atoms with Crippen molar-refractivity contribution in [3.8, 4) is 0 Å². The van der Waals surface area contributed by atoms with Gasteiger partial charge in [-0.25, -0.2) is 0 Å². The molecule has 0 aliphatic heterocycles. The van der Waals surface area contributed by atoms with Gasteiger partial charge < -0.3 is 5.11 Å². The number of alkyl halides is 1. The first-order chi connectivity index (χ1) is 10.3. The molecule has 2 heteroatoms. The highest BCUT2D eigenvalue weighted by Gasteiger charge is 2.63. The van der Waals surface area contributed by atoms with Crippen molar-refractivity contribution in [2.75, 3.05) is 0 Å². The van der Waals surface area contributed by atoms with Crippen LogP contribution in [0.2, 0.25) is 0 Å². The molecule has 3 unspecified atom stereocenters. The van der Waals surface area contributed by atoms with E-state index >= 15 is 0 Å². The maximum absolute atomic E-state index is 10.7. The van der Waals surface area contributed by atoms with Crippen molar-refractivity contribution >= 4 is 11.6 Å². The number of allylic oxidation sites excluding steroid dienone is 2. The largest absolute Gasteiger partial charge is 0.374 e. The molecule has 4 rings (SSSR count). The first kappa shape index (κ1) is 15.5. The topological polar surface area (TPSA) is 20.2 Å². The Morgan fingerprint density at radius 1 is 1.05 bits per heavy atom. The van der Waals surface area contributed by atoms with Crippen molar-refractivity contribution in [3.63, 3.8) is 0 Å². The highest BCUT2D eigenvalue weighted by atomic mass is 35.5. The Morgan fingerprint density at radius 2 is 1.77 bits per heavy atom. The van der Waals surface area contributed by atoms with E-state index in [1.807, 2.05) is 0 Å². The first-order valence-electron chi connectivity index (χ1n) is 9.38. The summed E-state index contributed by atoms with van der Waals surface area (Å²) in [5, 5.41) is 9.76. The molecule has 1 nitrogen and oxygen atoms in total. The van der Waals surface area contributed by atoms with Crippen molar-refractivity contribution < 1.29 is 5.11 Å². The molecule has 0 amide bonds. The summed E-state index contributed by atoms with van der Waals surface area (Å²) in [5.41, 5.74) is 0.328. The minimum atomic E-state index is -0.961. The molecule has 0 aromatic rings. The molecule has 0 spiro atoms. The maximum Gasteiger partial charge on any atom is 0.144 e. The third kappa shape index (κ3) is 1.88. The van der Waals surface area contributed by atoms with Crippen LogP contribution in [0.4, 0.5) is 0 Å². The van der Waals surface area contributed by atoms with Crippen LogP contribution in [0.25, 0.3) is 0 Å². The summed E-state index contributed by atoms with van der Waals surface area (Å²) in [5.74, 6) is 3.82. The lowest BCUT2D eigenvalue weighted by Gasteiger charge is -2.59. The Bertz CT molecular complexity index is 498. The summed E-state index contributed by atoms with van der Waals surface area (Å²) >= 11 is 6.55. The Hall–Kier alpha value is -0.0100. The number of aliphatic hydroxyl groups is 1. The van der Waals surface area contributed by atoms with Gasteiger partial charge in [0, 0.05) is 5.41 Å². The third-order valence-corrected chi connectivity index (χ3v) is 9.08. The molecule has 22 heavy (non-hydrogen) atoms. The molecule has 4 aliphatic rings. The Kier molecular flexibility index (Phi) is 3.35. The minimum Gasteiger partial charge on any atom is -0.374 e. The number of hydrogen-bond donors (Lipinski definition) is 1. The molecule has 3 saturated carbocycles. The van der Waals surface area contributed by atoms with Crippen LogP contribution in [0, 0.1) is 40.4 Å². The molecule has 8 atom stereocenters. The van der Waals surface area contributed by atoms with Crippen molar-refractivity contribution in [2.45, 2.75) is 70.8 Å². The first-order valence-corrected chi connectivity index (χ1v) is 9.76. The molecular formula is C20H31ClO. The third-order valence-electron chi connectivity index (χ3n) is 8.46. The number of hydrogen-bond acceptors (Lipinski definition) is 1. The second-order valence-corrected chi connectivity index (χ2v) is 9.97. The van der Waals surface area contributed by atoms with Gasteiger partial charge in [-0.15, -0.1) is 0 Å². The van der Waals surface area contributed by atoms with Crippen LogP contribution in [0.15, 0.2) is 12.2 Å². The van der Waals surface area contributed by atoms with Gasteiger partial charge in [-0.1, -0.05) is 44.5 Å². The van der Waals surface area contributed by atoms with Gasteiger partial charge >= 0.3 is 0 Å². The minimum absolute atomic E-state index is 0.0649. The summed E-state index contributed by atoms with van der Waals surface area (Å²) in [6, 6.07) is 0. The van der Waals surface area contributed by atoms with E-state index in [1.54, 1.807) is 0 Å². The zero-order chi connectivity index (χ0) is 15.8. The average molecular weight is 323 g/mol.